The van der Waals surface area contributed by atoms with Crippen LogP contribution >= 0.6 is 22.7 Å². The summed E-state index contributed by atoms with van der Waals surface area (Å²) < 4.78 is 18.1. The Hall–Kier alpha value is -3.17. The minimum Gasteiger partial charge on any atom is -0.497 e. The van der Waals surface area contributed by atoms with E-state index in [2.05, 4.69) is 4.99 Å². The SMILES string of the molecule is CCOC(=O)C1=C(C)N=c2s/c(=C\c3cc(OC)ccc3OC)c(=O)n2[C@H]1c1cccs1. The second-order valence-electron chi connectivity index (χ2n) is 6.93. The molecule has 1 atom stereocenters. The van der Waals surface area contributed by atoms with Gasteiger partial charge in [-0.25, -0.2) is 9.79 Å². The molecule has 0 fully saturated rings. The number of esters is 1. The normalized spacial score (nSPS) is 15.9. The Bertz CT molecular complexity index is 1370. The summed E-state index contributed by atoms with van der Waals surface area (Å²) in [5.41, 5.74) is 1.42. The molecule has 166 valence electrons. The molecule has 3 heterocycles. The highest BCUT2D eigenvalue weighted by Crippen LogP contribution is 2.33. The molecule has 9 heteroatoms. The van der Waals surface area contributed by atoms with Crippen LogP contribution in [0.5, 0.6) is 11.5 Å². The van der Waals surface area contributed by atoms with Gasteiger partial charge in [0.15, 0.2) is 4.80 Å². The fraction of sp³-hybridized carbons (Fsp3) is 0.261. The first-order valence-corrected chi connectivity index (χ1v) is 11.6. The zero-order chi connectivity index (χ0) is 22.8. The molecule has 32 heavy (non-hydrogen) atoms. The Morgan fingerprint density at radius 2 is 2.06 bits per heavy atom. The highest BCUT2D eigenvalue weighted by atomic mass is 32.1. The Kier molecular flexibility index (Phi) is 6.29. The van der Waals surface area contributed by atoms with Gasteiger partial charge in [0.2, 0.25) is 0 Å². The molecule has 0 N–H and O–H groups in total. The van der Waals surface area contributed by atoms with Crippen LogP contribution in [0.4, 0.5) is 0 Å². The molecular formula is C23H22N2O5S2. The van der Waals surface area contributed by atoms with E-state index >= 15 is 0 Å². The van der Waals surface area contributed by atoms with Gasteiger partial charge in [-0.15, -0.1) is 11.3 Å². The fourth-order valence-corrected chi connectivity index (χ4v) is 5.46. The van der Waals surface area contributed by atoms with E-state index < -0.39 is 12.0 Å². The highest BCUT2D eigenvalue weighted by molar-refractivity contribution is 7.10. The van der Waals surface area contributed by atoms with Crippen molar-refractivity contribution in [1.82, 2.24) is 4.57 Å². The van der Waals surface area contributed by atoms with Crippen molar-refractivity contribution in [3.63, 3.8) is 0 Å². The third kappa shape index (κ3) is 3.89. The number of hydrogen-bond acceptors (Lipinski definition) is 8. The lowest BCUT2D eigenvalue weighted by atomic mass is 10.0. The monoisotopic (exact) mass is 470 g/mol. The van der Waals surface area contributed by atoms with E-state index in [4.69, 9.17) is 14.2 Å². The van der Waals surface area contributed by atoms with Gasteiger partial charge >= 0.3 is 5.97 Å². The number of thiophene rings is 1. The topological polar surface area (TPSA) is 79.1 Å². The number of carbonyl (C=O) groups is 1. The number of fused-ring (bicyclic) bond motifs is 1. The predicted octanol–water partition coefficient (Wildman–Crippen LogP) is 2.88. The molecule has 4 rings (SSSR count). The van der Waals surface area contributed by atoms with E-state index in [0.717, 1.165) is 4.88 Å². The lowest BCUT2D eigenvalue weighted by Crippen LogP contribution is -2.39. The van der Waals surface area contributed by atoms with E-state index in [9.17, 15) is 9.59 Å². The van der Waals surface area contributed by atoms with Crippen LogP contribution < -0.4 is 24.4 Å². The number of hydrogen-bond donors (Lipinski definition) is 0. The summed E-state index contributed by atoms with van der Waals surface area (Å²) in [7, 11) is 3.16. The average molecular weight is 471 g/mol. The summed E-state index contributed by atoms with van der Waals surface area (Å²) in [6.45, 7) is 3.77. The minimum atomic E-state index is -0.584. The van der Waals surface area contributed by atoms with Crippen molar-refractivity contribution in [1.29, 1.82) is 0 Å². The number of carbonyl (C=O) groups excluding carboxylic acids is 1. The van der Waals surface area contributed by atoms with Crippen molar-refractivity contribution in [3.8, 4) is 11.5 Å². The van der Waals surface area contributed by atoms with Crippen LogP contribution in [0.25, 0.3) is 6.08 Å². The molecule has 0 unspecified atom stereocenters. The third-order valence-electron chi connectivity index (χ3n) is 5.05. The lowest BCUT2D eigenvalue weighted by Gasteiger charge is -2.23. The van der Waals surface area contributed by atoms with Crippen LogP contribution in [0.15, 0.2) is 56.8 Å². The quantitative estimate of drug-likeness (QED) is 0.518. The summed E-state index contributed by atoms with van der Waals surface area (Å²) in [4.78, 5) is 32.3. The molecular weight excluding hydrogens is 448 g/mol. The van der Waals surface area contributed by atoms with Gasteiger partial charge in [0.25, 0.3) is 5.56 Å². The van der Waals surface area contributed by atoms with Gasteiger partial charge in [-0.05, 0) is 49.6 Å². The minimum absolute atomic E-state index is 0.230. The second kappa shape index (κ2) is 9.13. The van der Waals surface area contributed by atoms with Crippen LogP contribution in [0.1, 0.15) is 30.3 Å². The fourth-order valence-electron chi connectivity index (χ4n) is 3.60. The van der Waals surface area contributed by atoms with Gasteiger partial charge in [0.1, 0.15) is 17.5 Å². The molecule has 1 aliphatic heterocycles. The van der Waals surface area contributed by atoms with E-state index in [0.29, 0.717) is 37.7 Å². The Morgan fingerprint density at radius 1 is 1.25 bits per heavy atom. The number of allylic oxidation sites excluding steroid dienone is 1. The van der Waals surface area contributed by atoms with Crippen LogP contribution in [-0.2, 0) is 9.53 Å². The maximum absolute atomic E-state index is 13.6. The van der Waals surface area contributed by atoms with Crippen molar-refractivity contribution >= 4 is 34.7 Å². The molecule has 0 amide bonds. The van der Waals surface area contributed by atoms with Gasteiger partial charge in [0, 0.05) is 10.4 Å². The molecule has 0 saturated heterocycles. The van der Waals surface area contributed by atoms with Gasteiger partial charge in [-0.2, -0.15) is 0 Å². The molecule has 0 saturated carbocycles. The van der Waals surface area contributed by atoms with Gasteiger partial charge in [-0.1, -0.05) is 17.4 Å². The molecule has 0 aliphatic carbocycles. The smallest absolute Gasteiger partial charge is 0.338 e. The van der Waals surface area contributed by atoms with Gasteiger partial charge in [-0.3, -0.25) is 9.36 Å². The van der Waals surface area contributed by atoms with Crippen LogP contribution in [0.3, 0.4) is 0 Å². The summed E-state index contributed by atoms with van der Waals surface area (Å²) in [6.07, 6.45) is 1.76. The first kappa shape index (κ1) is 22.0. The zero-order valence-electron chi connectivity index (χ0n) is 18.1. The standard InChI is InChI=1S/C23H22N2O5S2/c1-5-30-22(27)19-13(2)24-23-25(20(19)17-7-6-10-31-17)21(26)18(32-23)12-14-11-15(28-3)8-9-16(14)29-4/h6-12,20H,5H2,1-4H3/b18-12-/t20-/m0/s1. The van der Waals surface area contributed by atoms with Crippen LogP contribution in [0, 0.1) is 0 Å². The van der Waals surface area contributed by atoms with Crippen molar-refractivity contribution in [3.05, 3.63) is 77.1 Å². The number of aromatic nitrogens is 1. The first-order valence-electron chi connectivity index (χ1n) is 9.93. The largest absolute Gasteiger partial charge is 0.497 e. The Balaban J connectivity index is 1.95. The molecule has 3 aromatic rings. The summed E-state index contributed by atoms with van der Waals surface area (Å²) in [5.74, 6) is 0.812. The molecule has 7 nitrogen and oxygen atoms in total. The summed E-state index contributed by atoms with van der Waals surface area (Å²) in [5, 5.41) is 1.92. The van der Waals surface area contributed by atoms with E-state index in [1.807, 2.05) is 23.6 Å². The molecule has 0 bridgehead atoms. The second-order valence-corrected chi connectivity index (χ2v) is 8.91. The first-order chi connectivity index (χ1) is 15.5. The van der Waals surface area contributed by atoms with Crippen molar-refractivity contribution in [2.75, 3.05) is 20.8 Å². The van der Waals surface area contributed by atoms with E-state index in [1.54, 1.807) is 50.8 Å². The number of benzene rings is 1. The lowest BCUT2D eigenvalue weighted by molar-refractivity contribution is -0.139. The van der Waals surface area contributed by atoms with Gasteiger partial charge in [0.05, 0.1) is 36.6 Å². The van der Waals surface area contributed by atoms with Crippen molar-refractivity contribution in [2.45, 2.75) is 19.9 Å². The number of thiazole rings is 1. The number of methoxy groups -OCH3 is 2. The third-order valence-corrected chi connectivity index (χ3v) is 6.96. The maximum atomic E-state index is 13.6. The molecule has 2 aromatic heterocycles. The zero-order valence-corrected chi connectivity index (χ0v) is 19.7. The average Bonchev–Trinajstić information content (AvgIpc) is 3.41. The van der Waals surface area contributed by atoms with Crippen LogP contribution in [-0.4, -0.2) is 31.4 Å². The number of rotatable bonds is 6. The van der Waals surface area contributed by atoms with E-state index in [-0.39, 0.29) is 12.2 Å². The Morgan fingerprint density at radius 3 is 2.72 bits per heavy atom. The molecule has 1 aromatic carbocycles. The molecule has 0 radical (unpaired) electrons. The summed E-state index contributed by atoms with van der Waals surface area (Å²) >= 11 is 2.75. The maximum Gasteiger partial charge on any atom is 0.338 e. The highest BCUT2D eigenvalue weighted by Gasteiger charge is 2.33. The molecule has 1 aliphatic rings. The van der Waals surface area contributed by atoms with Crippen molar-refractivity contribution < 1.29 is 19.0 Å². The number of ether oxygens (including phenoxy) is 3. The van der Waals surface area contributed by atoms with Gasteiger partial charge < -0.3 is 14.2 Å². The number of nitrogens with zero attached hydrogens (tertiary/aromatic N) is 2. The van der Waals surface area contributed by atoms with Crippen molar-refractivity contribution in [2.24, 2.45) is 4.99 Å². The Labute approximate surface area is 192 Å². The van der Waals surface area contributed by atoms with Crippen LogP contribution in [0.2, 0.25) is 0 Å². The molecule has 0 spiro atoms. The predicted molar refractivity (Wildman–Crippen MR) is 124 cm³/mol. The van der Waals surface area contributed by atoms with E-state index in [1.165, 1.54) is 22.7 Å². The summed E-state index contributed by atoms with van der Waals surface area (Å²) in [6, 6.07) is 8.62.